The predicted octanol–water partition coefficient (Wildman–Crippen LogP) is 6.08. The van der Waals surface area contributed by atoms with Gasteiger partial charge in [0.1, 0.15) is 0 Å². The molecular weight excluding hydrogens is 404 g/mol. The van der Waals surface area contributed by atoms with Gasteiger partial charge in [0, 0.05) is 17.6 Å². The summed E-state index contributed by atoms with van der Waals surface area (Å²) in [7, 11) is 0. The highest BCUT2D eigenvalue weighted by Crippen LogP contribution is 2.30. The molecule has 3 aromatic carbocycles. The summed E-state index contributed by atoms with van der Waals surface area (Å²) < 4.78 is 1.03. The highest BCUT2D eigenvalue weighted by molar-refractivity contribution is 7.17. The topological polar surface area (TPSA) is 78.5 Å². The molecule has 0 amide bonds. The third kappa shape index (κ3) is 3.35. The minimum atomic E-state index is 0.603. The Balaban J connectivity index is 1.32. The molecule has 0 fully saturated rings. The van der Waals surface area contributed by atoms with Crippen molar-refractivity contribution >= 4 is 60.7 Å². The number of fused-ring (bicyclic) bond motifs is 3. The fraction of sp³-hybridized carbons (Fsp3) is 0.0417. The quantitative estimate of drug-likeness (QED) is 0.314. The maximum atomic E-state index is 4.78. The molecule has 3 heterocycles. The van der Waals surface area contributed by atoms with Gasteiger partial charge in [-0.15, -0.1) is 11.3 Å². The van der Waals surface area contributed by atoms with Gasteiger partial charge in [-0.05, 0) is 46.0 Å². The normalized spacial score (nSPS) is 11.4. The van der Waals surface area contributed by atoms with Crippen LogP contribution in [-0.4, -0.2) is 20.2 Å². The highest BCUT2D eigenvalue weighted by Gasteiger charge is 2.11. The smallest absolute Gasteiger partial charge is 0.225 e. The number of rotatable bonds is 5. The van der Waals surface area contributed by atoms with Gasteiger partial charge in [0.15, 0.2) is 5.82 Å². The number of H-pyrrole nitrogens is 1. The average molecular weight is 423 g/mol. The van der Waals surface area contributed by atoms with Gasteiger partial charge in [0.25, 0.3) is 0 Å². The lowest BCUT2D eigenvalue weighted by Crippen LogP contribution is -2.06. The van der Waals surface area contributed by atoms with Crippen molar-refractivity contribution in [2.45, 2.75) is 6.54 Å². The summed E-state index contributed by atoms with van der Waals surface area (Å²) in [6.07, 6.45) is 1.82. The number of aromatic nitrogens is 4. The summed E-state index contributed by atoms with van der Waals surface area (Å²) >= 11 is 1.63. The van der Waals surface area contributed by atoms with E-state index >= 15 is 0 Å². The zero-order valence-electron chi connectivity index (χ0n) is 16.5. The van der Waals surface area contributed by atoms with Crippen molar-refractivity contribution < 1.29 is 0 Å². The third-order valence-electron chi connectivity index (χ3n) is 5.32. The maximum Gasteiger partial charge on any atom is 0.225 e. The van der Waals surface area contributed by atoms with E-state index < -0.39 is 0 Å². The molecule has 0 aliphatic rings. The van der Waals surface area contributed by atoms with Crippen LogP contribution in [0.15, 0.2) is 78.3 Å². The molecule has 0 aliphatic heterocycles. The number of anilines is 3. The van der Waals surface area contributed by atoms with Gasteiger partial charge < -0.3 is 10.6 Å². The Labute approximate surface area is 182 Å². The van der Waals surface area contributed by atoms with Crippen LogP contribution in [0.3, 0.4) is 0 Å². The van der Waals surface area contributed by atoms with Gasteiger partial charge in [0.05, 0.1) is 21.9 Å². The van der Waals surface area contributed by atoms with Gasteiger partial charge in [-0.1, -0.05) is 42.5 Å². The van der Waals surface area contributed by atoms with Gasteiger partial charge in [-0.25, -0.2) is 4.98 Å². The lowest BCUT2D eigenvalue weighted by atomic mass is 10.0. The molecule has 0 spiro atoms. The first-order valence-corrected chi connectivity index (χ1v) is 10.9. The highest BCUT2D eigenvalue weighted by atomic mass is 32.1. The monoisotopic (exact) mass is 422 g/mol. The number of nitrogens with one attached hydrogen (secondary N) is 3. The van der Waals surface area contributed by atoms with E-state index in [0.717, 1.165) is 32.6 Å². The van der Waals surface area contributed by atoms with Crippen LogP contribution in [0.5, 0.6) is 0 Å². The average Bonchev–Trinajstić information content (AvgIpc) is 3.47. The van der Waals surface area contributed by atoms with E-state index in [2.05, 4.69) is 69.4 Å². The largest absolute Gasteiger partial charge is 0.350 e. The number of thiophene rings is 1. The summed E-state index contributed by atoms with van der Waals surface area (Å²) in [5.41, 5.74) is 4.11. The summed E-state index contributed by atoms with van der Waals surface area (Å²) in [5.74, 6) is 1.40. The molecule has 0 saturated heterocycles. The molecule has 6 aromatic rings. The van der Waals surface area contributed by atoms with Crippen molar-refractivity contribution in [2.75, 3.05) is 10.6 Å². The molecule has 150 valence electrons. The van der Waals surface area contributed by atoms with Crippen LogP contribution < -0.4 is 10.6 Å². The van der Waals surface area contributed by atoms with Crippen molar-refractivity contribution in [3.05, 3.63) is 83.9 Å². The first kappa shape index (κ1) is 17.9. The number of aromatic amines is 1. The molecule has 3 aromatic heterocycles. The van der Waals surface area contributed by atoms with E-state index in [0.29, 0.717) is 12.5 Å². The Bertz CT molecular complexity index is 1530. The van der Waals surface area contributed by atoms with Crippen LogP contribution in [0, 0.1) is 0 Å². The lowest BCUT2D eigenvalue weighted by Gasteiger charge is -2.11. The third-order valence-corrected chi connectivity index (χ3v) is 6.23. The van der Waals surface area contributed by atoms with Crippen LogP contribution in [-0.2, 0) is 6.54 Å². The maximum absolute atomic E-state index is 4.78. The summed E-state index contributed by atoms with van der Waals surface area (Å²) in [5, 5.41) is 19.5. The first-order valence-electron chi connectivity index (χ1n) is 9.99. The Morgan fingerprint density at radius 1 is 0.903 bits per heavy atom. The molecular formula is C24H18N6S. The fourth-order valence-corrected chi connectivity index (χ4v) is 4.58. The number of hydrogen-bond acceptors (Lipinski definition) is 6. The molecule has 0 unspecified atom stereocenters. The van der Waals surface area contributed by atoms with E-state index in [9.17, 15) is 0 Å². The molecule has 0 radical (unpaired) electrons. The van der Waals surface area contributed by atoms with Crippen LogP contribution >= 0.6 is 11.3 Å². The molecule has 6 nitrogen and oxygen atoms in total. The number of benzene rings is 3. The van der Waals surface area contributed by atoms with Gasteiger partial charge >= 0.3 is 0 Å². The first-order chi connectivity index (χ1) is 15.3. The number of hydrogen-bond donors (Lipinski definition) is 3. The van der Waals surface area contributed by atoms with Crippen molar-refractivity contribution in [3.63, 3.8) is 0 Å². The van der Waals surface area contributed by atoms with Crippen LogP contribution in [0.2, 0.25) is 0 Å². The van der Waals surface area contributed by atoms with Crippen LogP contribution in [0.4, 0.5) is 17.5 Å². The van der Waals surface area contributed by atoms with Gasteiger partial charge in [-0.3, -0.25) is 5.10 Å². The van der Waals surface area contributed by atoms with E-state index in [1.54, 1.807) is 11.3 Å². The Morgan fingerprint density at radius 3 is 2.84 bits per heavy atom. The fourth-order valence-electron chi connectivity index (χ4n) is 3.81. The second kappa shape index (κ2) is 7.37. The van der Waals surface area contributed by atoms with Crippen molar-refractivity contribution in [1.29, 1.82) is 0 Å². The molecule has 0 saturated carbocycles. The molecule has 6 rings (SSSR count). The number of nitrogens with zero attached hydrogens (tertiary/aromatic N) is 3. The molecule has 0 aliphatic carbocycles. The molecule has 31 heavy (non-hydrogen) atoms. The predicted molar refractivity (Wildman–Crippen MR) is 128 cm³/mol. The van der Waals surface area contributed by atoms with E-state index in [4.69, 9.17) is 9.97 Å². The second-order valence-corrected chi connectivity index (χ2v) is 8.24. The zero-order valence-corrected chi connectivity index (χ0v) is 17.3. The Hall–Kier alpha value is -3.97. The van der Waals surface area contributed by atoms with Crippen LogP contribution in [0.25, 0.3) is 31.9 Å². The van der Waals surface area contributed by atoms with Gasteiger partial charge in [0.2, 0.25) is 5.95 Å². The molecule has 0 bridgehead atoms. The summed E-state index contributed by atoms with van der Waals surface area (Å²) in [6, 6.07) is 22.9. The Morgan fingerprint density at radius 2 is 1.84 bits per heavy atom. The summed E-state index contributed by atoms with van der Waals surface area (Å²) in [6.45, 7) is 0.650. The van der Waals surface area contributed by atoms with Crippen LogP contribution in [0.1, 0.15) is 5.56 Å². The van der Waals surface area contributed by atoms with Crippen molar-refractivity contribution in [3.8, 4) is 0 Å². The minimum absolute atomic E-state index is 0.603. The van der Waals surface area contributed by atoms with E-state index in [1.807, 2.05) is 29.8 Å². The minimum Gasteiger partial charge on any atom is -0.350 e. The molecule has 0 atom stereocenters. The zero-order chi connectivity index (χ0) is 20.6. The molecule has 3 N–H and O–H groups in total. The van der Waals surface area contributed by atoms with Crippen molar-refractivity contribution in [2.24, 2.45) is 0 Å². The molecule has 7 heteroatoms. The SMILES string of the molecule is c1ccc2c(CNc3nc(Nc4ccc5[nH]ncc5c4)c4sccc4n3)cccc2c1. The standard InChI is InChI=1S/C24H18N6S/c1-2-7-19-15(4-1)5-3-6-16(19)13-25-24-28-21-10-11-31-22(21)23(29-24)27-18-8-9-20-17(12-18)14-26-30-20/h1-12,14H,13H2,(H,26,30)(H2,25,27,28,29). The Kier molecular flexibility index (Phi) is 4.25. The van der Waals surface area contributed by atoms with Gasteiger partial charge in [-0.2, -0.15) is 10.1 Å². The summed E-state index contributed by atoms with van der Waals surface area (Å²) in [4.78, 5) is 9.49. The lowest BCUT2D eigenvalue weighted by molar-refractivity contribution is 1.08. The van der Waals surface area contributed by atoms with E-state index in [-0.39, 0.29) is 0 Å². The second-order valence-electron chi connectivity index (χ2n) is 7.32. The van der Waals surface area contributed by atoms with E-state index in [1.165, 1.54) is 16.3 Å². The van der Waals surface area contributed by atoms with Crippen molar-refractivity contribution in [1.82, 2.24) is 20.2 Å².